The molecule has 3 N–H and O–H groups in total. The van der Waals surface area contributed by atoms with Crippen molar-refractivity contribution in [3.8, 4) is 0 Å². The highest BCUT2D eigenvalue weighted by Crippen LogP contribution is 2.21. The minimum Gasteiger partial charge on any atom is -0.380 e. The molecule has 4 atom stereocenters. The predicted octanol–water partition coefficient (Wildman–Crippen LogP) is 1.13. The first kappa shape index (κ1) is 12.0. The van der Waals surface area contributed by atoms with Crippen LogP contribution in [-0.4, -0.2) is 31.8 Å². The van der Waals surface area contributed by atoms with Gasteiger partial charge in [0.1, 0.15) is 0 Å². The molecule has 0 heterocycles. The third-order valence-corrected chi connectivity index (χ3v) is 3.35. The quantitative estimate of drug-likeness (QED) is 0.699. The van der Waals surface area contributed by atoms with E-state index in [-0.39, 0.29) is 6.04 Å². The van der Waals surface area contributed by atoms with E-state index in [0.717, 1.165) is 6.54 Å². The average molecular weight is 200 g/mol. The molecule has 0 spiro atoms. The van der Waals surface area contributed by atoms with Crippen molar-refractivity contribution in [3.05, 3.63) is 0 Å². The number of hydrogen-bond donors (Lipinski definition) is 2. The molecule has 0 aromatic rings. The van der Waals surface area contributed by atoms with Crippen LogP contribution in [0.1, 0.15) is 33.1 Å². The maximum absolute atomic E-state index is 5.82. The normalized spacial score (nSPS) is 31.7. The van der Waals surface area contributed by atoms with Gasteiger partial charge < -0.3 is 15.8 Å². The first-order valence-corrected chi connectivity index (χ1v) is 5.67. The second kappa shape index (κ2) is 5.69. The summed E-state index contributed by atoms with van der Waals surface area (Å²) in [6.45, 7) is 5.26. The summed E-state index contributed by atoms with van der Waals surface area (Å²) in [6, 6.07) is 0.811. The molecule has 4 unspecified atom stereocenters. The maximum atomic E-state index is 5.82. The van der Waals surface area contributed by atoms with Crippen LogP contribution in [0.25, 0.3) is 0 Å². The van der Waals surface area contributed by atoms with Gasteiger partial charge in [0.25, 0.3) is 0 Å². The zero-order valence-corrected chi connectivity index (χ0v) is 9.62. The Hall–Kier alpha value is -0.120. The molecule has 3 heteroatoms. The van der Waals surface area contributed by atoms with Crippen molar-refractivity contribution in [2.45, 2.75) is 51.3 Å². The fourth-order valence-electron chi connectivity index (χ4n) is 1.96. The Balaban J connectivity index is 2.23. The number of rotatable bonds is 5. The van der Waals surface area contributed by atoms with Crippen LogP contribution in [0.4, 0.5) is 0 Å². The Kier molecular flexibility index (Phi) is 4.85. The van der Waals surface area contributed by atoms with Crippen LogP contribution >= 0.6 is 0 Å². The number of nitrogens with two attached hydrogens (primary N) is 1. The van der Waals surface area contributed by atoms with Crippen molar-refractivity contribution in [1.29, 1.82) is 0 Å². The van der Waals surface area contributed by atoms with E-state index in [1.807, 2.05) is 0 Å². The molecule has 84 valence electrons. The fraction of sp³-hybridized carbons (Fsp3) is 1.00. The van der Waals surface area contributed by atoms with Crippen LogP contribution in [-0.2, 0) is 4.74 Å². The van der Waals surface area contributed by atoms with Gasteiger partial charge >= 0.3 is 0 Å². The van der Waals surface area contributed by atoms with E-state index in [4.69, 9.17) is 10.5 Å². The molecule has 14 heavy (non-hydrogen) atoms. The van der Waals surface area contributed by atoms with Crippen LogP contribution in [0, 0.1) is 5.92 Å². The van der Waals surface area contributed by atoms with Crippen LogP contribution in [0.5, 0.6) is 0 Å². The van der Waals surface area contributed by atoms with Crippen LogP contribution in [0.2, 0.25) is 0 Å². The average Bonchev–Trinajstić information content (AvgIpc) is 2.60. The van der Waals surface area contributed by atoms with Crippen molar-refractivity contribution in [3.63, 3.8) is 0 Å². The SMILES string of the molecule is COC1CCCC1NCC(C)C(C)N. The Labute approximate surface area is 87.4 Å². The zero-order valence-electron chi connectivity index (χ0n) is 9.62. The molecule has 1 rings (SSSR count). The zero-order chi connectivity index (χ0) is 10.6. The van der Waals surface area contributed by atoms with Gasteiger partial charge in [-0.15, -0.1) is 0 Å². The Bertz CT molecular complexity index is 161. The molecular weight excluding hydrogens is 176 g/mol. The van der Waals surface area contributed by atoms with E-state index >= 15 is 0 Å². The minimum atomic E-state index is 0.268. The number of hydrogen-bond acceptors (Lipinski definition) is 3. The first-order chi connectivity index (χ1) is 6.65. The van der Waals surface area contributed by atoms with Crippen LogP contribution in [0.3, 0.4) is 0 Å². The lowest BCUT2D eigenvalue weighted by molar-refractivity contribution is 0.0838. The van der Waals surface area contributed by atoms with Crippen molar-refractivity contribution >= 4 is 0 Å². The van der Waals surface area contributed by atoms with E-state index in [1.165, 1.54) is 19.3 Å². The maximum Gasteiger partial charge on any atom is 0.0724 e. The van der Waals surface area contributed by atoms with E-state index in [2.05, 4.69) is 19.2 Å². The number of ether oxygens (including phenoxy) is 1. The molecule has 0 aromatic carbocycles. The van der Waals surface area contributed by atoms with Gasteiger partial charge in [0, 0.05) is 19.2 Å². The summed E-state index contributed by atoms with van der Waals surface area (Å²) in [4.78, 5) is 0. The van der Waals surface area contributed by atoms with Gasteiger partial charge in [-0.3, -0.25) is 0 Å². The summed E-state index contributed by atoms with van der Waals surface area (Å²) < 4.78 is 5.42. The lowest BCUT2D eigenvalue weighted by Crippen LogP contribution is -2.42. The van der Waals surface area contributed by atoms with Gasteiger partial charge in [-0.2, -0.15) is 0 Å². The van der Waals surface area contributed by atoms with Gasteiger partial charge in [-0.05, 0) is 38.6 Å². The molecular formula is C11H24N2O. The van der Waals surface area contributed by atoms with E-state index in [9.17, 15) is 0 Å². The Morgan fingerprint density at radius 2 is 2.14 bits per heavy atom. The van der Waals surface area contributed by atoms with Gasteiger partial charge in [-0.1, -0.05) is 6.92 Å². The molecule has 3 nitrogen and oxygen atoms in total. The molecule has 1 fully saturated rings. The minimum absolute atomic E-state index is 0.268. The standard InChI is InChI=1S/C11H24N2O/c1-8(9(2)12)7-13-10-5-4-6-11(10)14-3/h8-11,13H,4-7,12H2,1-3H3. The Morgan fingerprint density at radius 3 is 2.71 bits per heavy atom. The lowest BCUT2D eigenvalue weighted by Gasteiger charge is -2.23. The second-order valence-corrected chi connectivity index (χ2v) is 4.56. The molecule has 1 saturated carbocycles. The van der Waals surface area contributed by atoms with Gasteiger partial charge in [0.15, 0.2) is 0 Å². The highest BCUT2D eigenvalue weighted by Gasteiger charge is 2.26. The summed E-state index contributed by atoms with van der Waals surface area (Å²) in [5.74, 6) is 0.535. The third kappa shape index (κ3) is 3.23. The lowest BCUT2D eigenvalue weighted by atomic mass is 10.0. The molecule has 1 aliphatic carbocycles. The highest BCUT2D eigenvalue weighted by molar-refractivity contribution is 4.84. The predicted molar refractivity (Wildman–Crippen MR) is 59.3 cm³/mol. The molecule has 0 bridgehead atoms. The monoisotopic (exact) mass is 200 g/mol. The second-order valence-electron chi connectivity index (χ2n) is 4.56. The number of methoxy groups -OCH3 is 1. The summed E-state index contributed by atoms with van der Waals surface area (Å²) in [7, 11) is 1.81. The molecule has 1 aliphatic rings. The van der Waals surface area contributed by atoms with Crippen LogP contribution in [0.15, 0.2) is 0 Å². The Morgan fingerprint density at radius 1 is 1.43 bits per heavy atom. The smallest absolute Gasteiger partial charge is 0.0724 e. The van der Waals surface area contributed by atoms with Crippen molar-refractivity contribution in [2.24, 2.45) is 11.7 Å². The van der Waals surface area contributed by atoms with E-state index in [1.54, 1.807) is 7.11 Å². The van der Waals surface area contributed by atoms with Gasteiger partial charge in [0.2, 0.25) is 0 Å². The summed E-state index contributed by atoms with van der Waals surface area (Å²) in [5, 5.41) is 3.56. The molecule has 0 radical (unpaired) electrons. The molecule has 0 saturated heterocycles. The topological polar surface area (TPSA) is 47.3 Å². The molecule has 0 aromatic heterocycles. The molecule has 0 aliphatic heterocycles. The molecule has 0 amide bonds. The van der Waals surface area contributed by atoms with E-state index in [0.29, 0.717) is 18.1 Å². The third-order valence-electron chi connectivity index (χ3n) is 3.35. The van der Waals surface area contributed by atoms with E-state index < -0.39 is 0 Å². The summed E-state index contributed by atoms with van der Waals surface area (Å²) in [5.41, 5.74) is 5.82. The van der Waals surface area contributed by atoms with Crippen molar-refractivity contribution in [2.75, 3.05) is 13.7 Å². The van der Waals surface area contributed by atoms with Crippen molar-refractivity contribution < 1.29 is 4.74 Å². The van der Waals surface area contributed by atoms with Gasteiger partial charge in [0.05, 0.1) is 6.10 Å². The summed E-state index contributed by atoms with van der Waals surface area (Å²) >= 11 is 0. The highest BCUT2D eigenvalue weighted by atomic mass is 16.5. The fourth-order valence-corrected chi connectivity index (χ4v) is 1.96. The van der Waals surface area contributed by atoms with Crippen LogP contribution < -0.4 is 11.1 Å². The largest absolute Gasteiger partial charge is 0.380 e. The van der Waals surface area contributed by atoms with Gasteiger partial charge in [-0.25, -0.2) is 0 Å². The summed E-state index contributed by atoms with van der Waals surface area (Å²) in [6.07, 6.45) is 4.13. The first-order valence-electron chi connectivity index (χ1n) is 5.67. The van der Waals surface area contributed by atoms with Crippen molar-refractivity contribution in [1.82, 2.24) is 5.32 Å². The number of nitrogens with one attached hydrogen (secondary N) is 1.